The number of halogens is 1. The van der Waals surface area contributed by atoms with Gasteiger partial charge in [-0.05, 0) is 72.7 Å². The van der Waals surface area contributed by atoms with Gasteiger partial charge in [-0.2, -0.15) is 0 Å². The Balaban J connectivity index is 2.16. The van der Waals surface area contributed by atoms with Gasteiger partial charge >= 0.3 is 0 Å². The van der Waals surface area contributed by atoms with Crippen molar-refractivity contribution in [1.82, 2.24) is 9.97 Å². The topological polar surface area (TPSA) is 55.0 Å². The third kappa shape index (κ3) is 4.23. The molecule has 0 amide bonds. The molecule has 0 aliphatic carbocycles. The maximum absolute atomic E-state index is 12.4. The highest BCUT2D eigenvalue weighted by atomic mass is 35.5. The van der Waals surface area contributed by atoms with E-state index in [1.54, 1.807) is 6.92 Å². The lowest BCUT2D eigenvalue weighted by Gasteiger charge is -2.16. The summed E-state index contributed by atoms with van der Waals surface area (Å²) in [6.07, 6.45) is 0.756. The Bertz CT molecular complexity index is 1020. The third-order valence-electron chi connectivity index (χ3n) is 4.69. The third-order valence-corrected chi connectivity index (χ3v) is 5.06. The van der Waals surface area contributed by atoms with Crippen LogP contribution in [0.2, 0.25) is 5.02 Å². The number of fused-ring (bicyclic) bond motifs is 1. The molecule has 0 atom stereocenters. The van der Waals surface area contributed by atoms with Crippen LogP contribution in [0, 0.1) is 6.92 Å². The van der Waals surface area contributed by atoms with Crippen molar-refractivity contribution in [3.63, 3.8) is 0 Å². The van der Waals surface area contributed by atoms with Gasteiger partial charge in [0.1, 0.15) is 5.82 Å². The largest absolute Gasteiger partial charge is 0.381 e. The van der Waals surface area contributed by atoms with Crippen molar-refractivity contribution in [2.24, 2.45) is 0 Å². The lowest BCUT2D eigenvalue weighted by Crippen LogP contribution is -2.10. The van der Waals surface area contributed by atoms with Crippen LogP contribution in [0.4, 0.5) is 0 Å². The van der Waals surface area contributed by atoms with Crippen LogP contribution in [0.3, 0.4) is 0 Å². The number of aromatic nitrogens is 2. The second-order valence-electron chi connectivity index (χ2n) is 7.02. The molecule has 27 heavy (non-hydrogen) atoms. The number of hydrogen-bond acceptors (Lipinski definition) is 3. The summed E-state index contributed by atoms with van der Waals surface area (Å²) in [7, 11) is 0. The Hall–Kier alpha value is -2.17. The summed E-state index contributed by atoms with van der Waals surface area (Å²) < 4.78 is 5.47. The highest BCUT2D eigenvalue weighted by Crippen LogP contribution is 2.34. The van der Waals surface area contributed by atoms with E-state index in [0.29, 0.717) is 30.3 Å². The van der Waals surface area contributed by atoms with Gasteiger partial charge in [0.2, 0.25) is 0 Å². The molecule has 1 aromatic heterocycles. The second kappa shape index (κ2) is 8.24. The number of nitrogens with zero attached hydrogens (tertiary/aromatic N) is 1. The van der Waals surface area contributed by atoms with E-state index in [1.165, 1.54) is 0 Å². The Morgan fingerprint density at radius 2 is 2.00 bits per heavy atom. The summed E-state index contributed by atoms with van der Waals surface area (Å²) in [5, 5.41) is 1.34. The van der Waals surface area contributed by atoms with E-state index in [2.05, 4.69) is 29.9 Å². The lowest BCUT2D eigenvalue weighted by molar-refractivity contribution is 0.151. The second-order valence-corrected chi connectivity index (χ2v) is 7.42. The first kappa shape index (κ1) is 19.6. The Labute approximate surface area is 164 Å². The lowest BCUT2D eigenvalue weighted by atomic mass is 9.90. The maximum Gasteiger partial charge on any atom is 0.258 e. The molecule has 0 unspecified atom stereocenters. The van der Waals surface area contributed by atoms with Crippen molar-refractivity contribution in [3.8, 4) is 11.1 Å². The Morgan fingerprint density at radius 3 is 2.70 bits per heavy atom. The highest BCUT2D eigenvalue weighted by Gasteiger charge is 2.14. The van der Waals surface area contributed by atoms with Gasteiger partial charge in [0.15, 0.2) is 0 Å². The zero-order valence-corrected chi connectivity index (χ0v) is 17.0. The maximum atomic E-state index is 12.4. The van der Waals surface area contributed by atoms with Gasteiger partial charge in [0, 0.05) is 11.6 Å². The number of H-pyrrole nitrogens is 1. The van der Waals surface area contributed by atoms with Crippen molar-refractivity contribution in [2.75, 3.05) is 13.2 Å². The summed E-state index contributed by atoms with van der Waals surface area (Å²) in [6.45, 7) is 9.40. The highest BCUT2D eigenvalue weighted by molar-refractivity contribution is 6.31. The number of aromatic amines is 1. The van der Waals surface area contributed by atoms with Gasteiger partial charge in [-0.3, -0.25) is 4.79 Å². The molecule has 0 saturated heterocycles. The van der Waals surface area contributed by atoms with Crippen molar-refractivity contribution in [3.05, 3.63) is 62.7 Å². The standard InChI is InChI=1S/C22H25ClN2O2/c1-5-27-9-8-16-10-15(6-7-20(16)23)18-11-19-21(12-17(18)13(2)3)24-14(4)25-22(19)26/h6-7,10-13H,5,8-9H2,1-4H3,(H,24,25,26). The van der Waals surface area contributed by atoms with Crippen LogP contribution in [0.15, 0.2) is 35.1 Å². The van der Waals surface area contributed by atoms with E-state index in [9.17, 15) is 4.79 Å². The molecule has 0 aliphatic rings. The summed E-state index contributed by atoms with van der Waals surface area (Å²) in [6, 6.07) is 10.0. The molecular formula is C22H25ClN2O2. The molecular weight excluding hydrogens is 360 g/mol. The molecule has 3 aromatic rings. The number of aryl methyl sites for hydroxylation is 1. The first-order valence-corrected chi connectivity index (χ1v) is 9.69. The molecule has 1 N–H and O–H groups in total. The van der Waals surface area contributed by atoms with Gasteiger partial charge in [-0.25, -0.2) is 4.98 Å². The summed E-state index contributed by atoms with van der Waals surface area (Å²) in [5.41, 5.74) is 4.93. The molecule has 0 spiro atoms. The Kier molecular flexibility index (Phi) is 5.98. The van der Waals surface area contributed by atoms with E-state index in [4.69, 9.17) is 16.3 Å². The molecule has 4 nitrogen and oxygen atoms in total. The molecule has 0 aliphatic heterocycles. The number of ether oxygens (including phenoxy) is 1. The zero-order valence-electron chi connectivity index (χ0n) is 16.2. The van der Waals surface area contributed by atoms with Gasteiger partial charge < -0.3 is 9.72 Å². The normalized spacial score (nSPS) is 11.5. The van der Waals surface area contributed by atoms with Crippen LogP contribution in [0.5, 0.6) is 0 Å². The van der Waals surface area contributed by atoms with E-state index < -0.39 is 0 Å². The number of hydrogen-bond donors (Lipinski definition) is 1. The average Bonchev–Trinajstić information content (AvgIpc) is 2.62. The molecule has 142 valence electrons. The summed E-state index contributed by atoms with van der Waals surface area (Å²) >= 11 is 6.38. The van der Waals surface area contributed by atoms with Gasteiger partial charge in [0.25, 0.3) is 5.56 Å². The minimum absolute atomic E-state index is 0.111. The number of nitrogens with one attached hydrogen (secondary N) is 1. The molecule has 1 heterocycles. The number of rotatable bonds is 6. The van der Waals surface area contributed by atoms with E-state index >= 15 is 0 Å². The monoisotopic (exact) mass is 384 g/mol. The predicted octanol–water partition coefficient (Wildman–Crippen LogP) is 5.25. The minimum Gasteiger partial charge on any atom is -0.381 e. The van der Waals surface area contributed by atoms with E-state index in [0.717, 1.165) is 39.2 Å². The average molecular weight is 385 g/mol. The van der Waals surface area contributed by atoms with Crippen LogP contribution in [0.1, 0.15) is 43.6 Å². The fourth-order valence-electron chi connectivity index (χ4n) is 3.31. The van der Waals surface area contributed by atoms with Crippen LogP contribution >= 0.6 is 11.6 Å². The van der Waals surface area contributed by atoms with Crippen LogP contribution < -0.4 is 5.56 Å². The summed E-state index contributed by atoms with van der Waals surface area (Å²) in [5.74, 6) is 0.924. The first-order chi connectivity index (χ1) is 12.9. The fraction of sp³-hybridized carbons (Fsp3) is 0.364. The van der Waals surface area contributed by atoms with Crippen molar-refractivity contribution in [1.29, 1.82) is 0 Å². The van der Waals surface area contributed by atoms with Crippen molar-refractivity contribution in [2.45, 2.75) is 40.0 Å². The quantitative estimate of drug-likeness (QED) is 0.590. The van der Waals surface area contributed by atoms with Gasteiger partial charge in [-0.1, -0.05) is 31.5 Å². The molecule has 0 saturated carbocycles. The van der Waals surface area contributed by atoms with Crippen molar-refractivity contribution < 1.29 is 4.74 Å². The SMILES string of the molecule is CCOCCc1cc(-c2cc3c(=O)[nH]c(C)nc3cc2C(C)C)ccc1Cl. The van der Waals surface area contributed by atoms with Gasteiger partial charge in [-0.15, -0.1) is 0 Å². The van der Waals surface area contributed by atoms with Crippen LogP contribution in [-0.2, 0) is 11.2 Å². The van der Waals surface area contributed by atoms with Crippen LogP contribution in [0.25, 0.3) is 22.0 Å². The van der Waals surface area contributed by atoms with Crippen molar-refractivity contribution >= 4 is 22.5 Å². The van der Waals surface area contributed by atoms with Gasteiger partial charge in [0.05, 0.1) is 17.5 Å². The molecule has 5 heteroatoms. The first-order valence-electron chi connectivity index (χ1n) is 9.31. The van der Waals surface area contributed by atoms with E-state index in [1.807, 2.05) is 31.2 Å². The molecule has 0 fully saturated rings. The number of benzene rings is 2. The van der Waals surface area contributed by atoms with Crippen LogP contribution in [-0.4, -0.2) is 23.2 Å². The molecule has 0 bridgehead atoms. The van der Waals surface area contributed by atoms with E-state index in [-0.39, 0.29) is 5.56 Å². The molecule has 3 rings (SSSR count). The minimum atomic E-state index is -0.111. The molecule has 2 aromatic carbocycles. The molecule has 0 radical (unpaired) electrons. The smallest absolute Gasteiger partial charge is 0.258 e. The zero-order chi connectivity index (χ0) is 19.6. The Morgan fingerprint density at radius 1 is 1.22 bits per heavy atom. The summed E-state index contributed by atoms with van der Waals surface area (Å²) in [4.78, 5) is 19.7. The fourth-order valence-corrected chi connectivity index (χ4v) is 3.52. The predicted molar refractivity (Wildman–Crippen MR) is 112 cm³/mol.